The van der Waals surface area contributed by atoms with E-state index in [0.717, 1.165) is 73.9 Å². The lowest BCUT2D eigenvalue weighted by Gasteiger charge is -2.37. The van der Waals surface area contributed by atoms with Crippen molar-refractivity contribution < 1.29 is 0 Å². The molecule has 1 fully saturated rings. The van der Waals surface area contributed by atoms with Gasteiger partial charge in [-0.2, -0.15) is 4.79 Å². The van der Waals surface area contributed by atoms with E-state index in [1.165, 1.54) is 40.8 Å². The van der Waals surface area contributed by atoms with Crippen molar-refractivity contribution in [3.8, 4) is 33.2 Å². The Bertz CT molecular complexity index is 1480. The Kier molecular flexibility index (Phi) is 6.39. The molecule has 0 atom stereocenters. The smallest absolute Gasteiger partial charge is 0.138 e. The lowest BCUT2D eigenvalue weighted by atomic mass is 9.93. The summed E-state index contributed by atoms with van der Waals surface area (Å²) in [5.41, 5.74) is 9.99. The molecule has 3 aromatic rings. The van der Waals surface area contributed by atoms with Gasteiger partial charge in [-0.1, -0.05) is 60.7 Å². The van der Waals surface area contributed by atoms with E-state index >= 15 is 0 Å². The van der Waals surface area contributed by atoms with Gasteiger partial charge in [0.1, 0.15) is 22.7 Å². The van der Waals surface area contributed by atoms with Crippen LogP contribution in [0.25, 0.3) is 33.2 Å². The van der Waals surface area contributed by atoms with Crippen molar-refractivity contribution >= 4 is 11.3 Å². The minimum Gasteiger partial charge on any atom is -0.299 e. The first-order valence-corrected chi connectivity index (χ1v) is 14.6. The van der Waals surface area contributed by atoms with Crippen LogP contribution in [0.1, 0.15) is 29.5 Å². The second-order valence-electron chi connectivity index (χ2n) is 10.3. The first kappa shape index (κ1) is 23.6. The van der Waals surface area contributed by atoms with Gasteiger partial charge in [0, 0.05) is 49.2 Å². The molecule has 0 bridgehead atoms. The summed E-state index contributed by atoms with van der Waals surface area (Å²) in [6, 6.07) is 21.3. The molecule has 0 spiro atoms. The summed E-state index contributed by atoms with van der Waals surface area (Å²) >= 11 is 1.73. The Morgan fingerprint density at radius 3 is 2.34 bits per heavy atom. The summed E-state index contributed by atoms with van der Waals surface area (Å²) in [6.45, 7) is 5.14. The zero-order valence-corrected chi connectivity index (χ0v) is 22.4. The first-order chi connectivity index (χ1) is 18.8. The van der Waals surface area contributed by atoms with Crippen LogP contribution in [-0.2, 0) is 19.3 Å². The molecule has 0 N–H and O–H groups in total. The van der Waals surface area contributed by atoms with E-state index < -0.39 is 0 Å². The summed E-state index contributed by atoms with van der Waals surface area (Å²) in [5, 5.41) is 10.5. The molecule has 38 heavy (non-hydrogen) atoms. The number of thiazole rings is 1. The number of hydrogen-bond acceptors (Lipinski definition) is 6. The maximum Gasteiger partial charge on any atom is 0.138 e. The van der Waals surface area contributed by atoms with Gasteiger partial charge in [-0.25, -0.2) is 9.97 Å². The van der Waals surface area contributed by atoms with Gasteiger partial charge < -0.3 is 0 Å². The van der Waals surface area contributed by atoms with Crippen LogP contribution in [0.2, 0.25) is 0 Å². The zero-order chi connectivity index (χ0) is 25.3. The third-order valence-corrected chi connectivity index (χ3v) is 8.89. The van der Waals surface area contributed by atoms with Gasteiger partial charge in [0.15, 0.2) is 0 Å². The SMILES string of the molecule is c1ccc(CCN2CCN(n3ncnc4c(-c5nc(-c6ccccc6)cs5)c5c(c3-4)CCCC5)CC2)cc1. The van der Waals surface area contributed by atoms with Gasteiger partial charge in [0.05, 0.1) is 5.69 Å². The van der Waals surface area contributed by atoms with E-state index in [0.29, 0.717) is 0 Å². The fourth-order valence-corrected chi connectivity index (χ4v) is 6.94. The van der Waals surface area contributed by atoms with Gasteiger partial charge in [-0.3, -0.25) is 9.91 Å². The number of hydrogen-bond donors (Lipinski definition) is 0. The molecule has 0 amide bonds. The second kappa shape index (κ2) is 10.3. The van der Waals surface area contributed by atoms with E-state index in [4.69, 9.17) is 15.1 Å². The molecule has 7 heteroatoms. The highest BCUT2D eigenvalue weighted by molar-refractivity contribution is 7.13. The Labute approximate surface area is 227 Å². The van der Waals surface area contributed by atoms with Crippen LogP contribution in [0.3, 0.4) is 0 Å². The van der Waals surface area contributed by atoms with E-state index in [1.807, 2.05) is 0 Å². The van der Waals surface area contributed by atoms with E-state index in [2.05, 4.69) is 80.7 Å². The first-order valence-electron chi connectivity index (χ1n) is 13.8. The average molecular weight is 521 g/mol. The number of benzene rings is 2. The van der Waals surface area contributed by atoms with Crippen molar-refractivity contribution in [1.29, 1.82) is 0 Å². The van der Waals surface area contributed by atoms with Gasteiger partial charge in [0.2, 0.25) is 0 Å². The van der Waals surface area contributed by atoms with Gasteiger partial charge in [-0.05, 0) is 48.8 Å². The lowest BCUT2D eigenvalue weighted by molar-refractivity contribution is 0.237. The van der Waals surface area contributed by atoms with E-state index in [-0.39, 0.29) is 0 Å². The second-order valence-corrected chi connectivity index (χ2v) is 11.2. The Morgan fingerprint density at radius 2 is 1.55 bits per heavy atom. The van der Waals surface area contributed by atoms with Crippen LogP contribution in [-0.4, -0.2) is 57.5 Å². The largest absolute Gasteiger partial charge is 0.299 e. The summed E-state index contributed by atoms with van der Waals surface area (Å²) < 4.78 is 0. The molecular formula is C31H32N6S. The number of fused-ring (bicyclic) bond motifs is 3. The van der Waals surface area contributed by atoms with Gasteiger partial charge in [0.25, 0.3) is 0 Å². The molecule has 6 nitrogen and oxygen atoms in total. The molecule has 0 unspecified atom stereocenters. The van der Waals surface area contributed by atoms with Crippen molar-refractivity contribution in [3.63, 3.8) is 0 Å². The molecule has 1 saturated heterocycles. The van der Waals surface area contributed by atoms with Gasteiger partial charge >= 0.3 is 0 Å². The standard InChI is InChI=1S/C31H32N6S/c1-3-9-23(10-4-1)15-16-35-17-19-36(20-18-35)37-30-26-14-8-7-13-25(26)28(29(30)32-22-33-37)31-34-27(21-38-31)24-11-5-2-6-12-24/h1-6,9-12,21-22H,7-8,13-20H2. The third kappa shape index (κ3) is 4.40. The van der Waals surface area contributed by atoms with Crippen LogP contribution >= 0.6 is 11.3 Å². The molecule has 2 aliphatic carbocycles. The van der Waals surface area contributed by atoms with Crippen molar-refractivity contribution in [1.82, 2.24) is 24.8 Å². The molecule has 2 aliphatic heterocycles. The fourth-order valence-electron chi connectivity index (χ4n) is 6.04. The van der Waals surface area contributed by atoms with E-state index in [1.54, 1.807) is 17.7 Å². The Hall–Kier alpha value is -3.55. The minimum absolute atomic E-state index is 0.969. The fraction of sp³-hybridized carbons (Fsp3) is 0.323. The Morgan fingerprint density at radius 1 is 0.816 bits per heavy atom. The van der Waals surface area contributed by atoms with Crippen molar-refractivity contribution in [3.05, 3.63) is 89.1 Å². The van der Waals surface area contributed by atoms with Gasteiger partial charge in [-0.15, -0.1) is 16.4 Å². The number of nitrogens with zero attached hydrogens (tertiary/aromatic N) is 6. The maximum atomic E-state index is 5.11. The highest BCUT2D eigenvalue weighted by atomic mass is 32.1. The number of rotatable bonds is 6. The van der Waals surface area contributed by atoms with Crippen LogP contribution < -0.4 is 5.01 Å². The molecule has 7 rings (SSSR count). The van der Waals surface area contributed by atoms with Crippen LogP contribution in [0.15, 0.2) is 72.4 Å². The predicted molar refractivity (Wildman–Crippen MR) is 154 cm³/mol. The molecule has 0 radical (unpaired) electrons. The monoisotopic (exact) mass is 520 g/mol. The number of aromatic nitrogens is 4. The Balaban J connectivity index is 1.16. The molecule has 4 aliphatic rings. The lowest BCUT2D eigenvalue weighted by Crippen LogP contribution is -2.52. The summed E-state index contributed by atoms with van der Waals surface area (Å²) in [7, 11) is 0. The molecule has 192 valence electrons. The topological polar surface area (TPSA) is 50.1 Å². The van der Waals surface area contributed by atoms with Crippen molar-refractivity contribution in [2.45, 2.75) is 32.1 Å². The molecule has 0 saturated carbocycles. The van der Waals surface area contributed by atoms with E-state index in [9.17, 15) is 0 Å². The van der Waals surface area contributed by atoms with Crippen molar-refractivity contribution in [2.75, 3.05) is 37.7 Å². The maximum absolute atomic E-state index is 5.11. The highest BCUT2D eigenvalue weighted by Gasteiger charge is 2.33. The average Bonchev–Trinajstić information content (AvgIpc) is 3.60. The molecule has 1 aromatic heterocycles. The summed E-state index contributed by atoms with van der Waals surface area (Å²) in [4.78, 5) is 14.7. The zero-order valence-electron chi connectivity index (χ0n) is 21.6. The van der Waals surface area contributed by atoms with Crippen LogP contribution in [0, 0.1) is 0 Å². The summed E-state index contributed by atoms with van der Waals surface area (Å²) in [6.07, 6.45) is 7.47. The normalized spacial score (nSPS) is 16.2. The third-order valence-electron chi connectivity index (χ3n) is 8.03. The van der Waals surface area contributed by atoms with Crippen molar-refractivity contribution in [2.24, 2.45) is 0 Å². The number of piperazine rings is 1. The van der Waals surface area contributed by atoms with Crippen LogP contribution in [0.5, 0.6) is 0 Å². The minimum atomic E-state index is 0.969. The quantitative estimate of drug-likeness (QED) is 0.294. The molecule has 2 aromatic carbocycles. The molecule has 3 heterocycles. The van der Waals surface area contributed by atoms with Crippen LogP contribution in [0.4, 0.5) is 0 Å². The molecular weight excluding hydrogens is 488 g/mol. The highest BCUT2D eigenvalue weighted by Crippen LogP contribution is 2.46. The summed E-state index contributed by atoms with van der Waals surface area (Å²) in [5.74, 6) is 0. The predicted octanol–water partition coefficient (Wildman–Crippen LogP) is 5.55.